The number of nitrogens with one attached hydrogen (secondary N) is 1. The summed E-state index contributed by atoms with van der Waals surface area (Å²) in [5, 5.41) is 3.08. The summed E-state index contributed by atoms with van der Waals surface area (Å²) in [7, 11) is 2.47. The van der Waals surface area contributed by atoms with Gasteiger partial charge < -0.3 is 14.8 Å². The third-order valence-electron chi connectivity index (χ3n) is 3.43. The van der Waals surface area contributed by atoms with Crippen molar-refractivity contribution in [1.82, 2.24) is 0 Å². The molecule has 6 nitrogen and oxygen atoms in total. The Balaban J connectivity index is 2.29. The van der Waals surface area contributed by atoms with E-state index in [9.17, 15) is 14.4 Å². The zero-order valence-electron chi connectivity index (χ0n) is 13.7. The molecule has 2 aromatic carbocycles. The van der Waals surface area contributed by atoms with Crippen molar-refractivity contribution < 1.29 is 23.9 Å². The molecule has 0 unspecified atom stereocenters. The van der Waals surface area contributed by atoms with Crippen LogP contribution in [0.25, 0.3) is 0 Å². The number of ether oxygens (including phenoxy) is 2. The monoisotopic (exact) mass is 361 g/mol. The highest BCUT2D eigenvalue weighted by Gasteiger charge is 2.17. The van der Waals surface area contributed by atoms with Gasteiger partial charge in [0.05, 0.1) is 37.5 Å². The average molecular weight is 362 g/mol. The van der Waals surface area contributed by atoms with Crippen LogP contribution in [0, 0.1) is 0 Å². The molecule has 1 amide bonds. The minimum absolute atomic E-state index is 0.0166. The van der Waals surface area contributed by atoms with Crippen molar-refractivity contribution >= 4 is 35.1 Å². The Labute approximate surface area is 149 Å². The predicted molar refractivity (Wildman–Crippen MR) is 92.9 cm³/mol. The number of esters is 2. The molecule has 0 aliphatic carbocycles. The summed E-state index contributed by atoms with van der Waals surface area (Å²) in [5.74, 6) is -1.61. The van der Waals surface area contributed by atoms with Crippen molar-refractivity contribution in [2.45, 2.75) is 6.42 Å². The van der Waals surface area contributed by atoms with Gasteiger partial charge in [0.2, 0.25) is 5.91 Å². The number of hydrogen-bond donors (Lipinski definition) is 1. The van der Waals surface area contributed by atoms with Gasteiger partial charge in [-0.15, -0.1) is 0 Å². The standard InChI is InChI=1S/C18H16ClNO5/c1-24-17(22)12-7-8-13(18(23)25-2)15(9-12)20-16(21)10-11-5-3-4-6-14(11)19/h3-9H,10H2,1-2H3,(H,20,21). The second-order valence-electron chi connectivity index (χ2n) is 5.06. The quantitative estimate of drug-likeness (QED) is 0.827. The Morgan fingerprint density at radius 1 is 1.00 bits per heavy atom. The fourth-order valence-corrected chi connectivity index (χ4v) is 2.39. The largest absolute Gasteiger partial charge is 0.465 e. The molecular formula is C18H16ClNO5. The molecule has 0 bridgehead atoms. The SMILES string of the molecule is COC(=O)c1ccc(C(=O)OC)c(NC(=O)Cc2ccccc2Cl)c1. The molecule has 0 aliphatic rings. The molecule has 7 heteroatoms. The summed E-state index contributed by atoms with van der Waals surface area (Å²) in [6.45, 7) is 0. The highest BCUT2D eigenvalue weighted by molar-refractivity contribution is 6.31. The van der Waals surface area contributed by atoms with Crippen molar-refractivity contribution in [2.75, 3.05) is 19.5 Å². The first kappa shape index (κ1) is 18.5. The number of carbonyl (C=O) groups excluding carboxylic acids is 3. The Morgan fingerprint density at radius 2 is 1.68 bits per heavy atom. The van der Waals surface area contributed by atoms with E-state index in [-0.39, 0.29) is 29.1 Å². The first-order chi connectivity index (χ1) is 12.0. The summed E-state index contributed by atoms with van der Waals surface area (Å²) in [5.41, 5.74) is 1.13. The van der Waals surface area contributed by atoms with Crippen molar-refractivity contribution in [1.29, 1.82) is 0 Å². The topological polar surface area (TPSA) is 81.7 Å². The van der Waals surface area contributed by atoms with Gasteiger partial charge in [0.1, 0.15) is 0 Å². The zero-order valence-corrected chi connectivity index (χ0v) is 14.4. The number of carbonyl (C=O) groups is 3. The molecule has 2 rings (SSSR count). The molecule has 0 saturated carbocycles. The van der Waals surface area contributed by atoms with Gasteiger partial charge in [0, 0.05) is 5.02 Å². The van der Waals surface area contributed by atoms with Gasteiger partial charge in [-0.25, -0.2) is 9.59 Å². The van der Waals surface area contributed by atoms with Crippen molar-refractivity contribution in [3.63, 3.8) is 0 Å². The lowest BCUT2D eigenvalue weighted by Gasteiger charge is -2.12. The number of rotatable bonds is 5. The maximum Gasteiger partial charge on any atom is 0.339 e. The minimum atomic E-state index is -0.635. The van der Waals surface area contributed by atoms with E-state index >= 15 is 0 Å². The van der Waals surface area contributed by atoms with E-state index in [2.05, 4.69) is 10.1 Å². The molecule has 0 aromatic heterocycles. The first-order valence-electron chi connectivity index (χ1n) is 7.30. The third-order valence-corrected chi connectivity index (χ3v) is 3.80. The van der Waals surface area contributed by atoms with E-state index in [1.807, 2.05) is 0 Å². The number of benzene rings is 2. The van der Waals surface area contributed by atoms with Gasteiger partial charge in [-0.1, -0.05) is 29.8 Å². The molecule has 25 heavy (non-hydrogen) atoms. The van der Waals surface area contributed by atoms with Gasteiger partial charge in [-0.2, -0.15) is 0 Å². The van der Waals surface area contributed by atoms with Gasteiger partial charge in [-0.3, -0.25) is 4.79 Å². The average Bonchev–Trinajstić information content (AvgIpc) is 2.62. The van der Waals surface area contributed by atoms with Crippen LogP contribution in [0.5, 0.6) is 0 Å². The highest BCUT2D eigenvalue weighted by Crippen LogP contribution is 2.21. The van der Waals surface area contributed by atoms with Crippen LogP contribution in [0.2, 0.25) is 5.02 Å². The van der Waals surface area contributed by atoms with E-state index in [1.165, 1.54) is 32.4 Å². The molecule has 1 N–H and O–H groups in total. The normalized spacial score (nSPS) is 10.0. The second kappa shape index (κ2) is 8.30. The Kier molecular flexibility index (Phi) is 6.14. The lowest BCUT2D eigenvalue weighted by molar-refractivity contribution is -0.115. The molecule has 0 fully saturated rings. The van der Waals surface area contributed by atoms with Gasteiger partial charge in [0.15, 0.2) is 0 Å². The number of hydrogen-bond acceptors (Lipinski definition) is 5. The van der Waals surface area contributed by atoms with Gasteiger partial charge in [-0.05, 0) is 29.8 Å². The van der Waals surface area contributed by atoms with E-state index in [0.717, 1.165) is 0 Å². The Hall–Kier alpha value is -2.86. The maximum atomic E-state index is 12.3. The van der Waals surface area contributed by atoms with Crippen molar-refractivity contribution in [2.24, 2.45) is 0 Å². The highest BCUT2D eigenvalue weighted by atomic mass is 35.5. The first-order valence-corrected chi connectivity index (χ1v) is 7.68. The van der Waals surface area contributed by atoms with E-state index < -0.39 is 11.9 Å². The van der Waals surface area contributed by atoms with Crippen LogP contribution in [0.1, 0.15) is 26.3 Å². The van der Waals surface area contributed by atoms with Crippen LogP contribution >= 0.6 is 11.6 Å². The Bertz CT molecular complexity index is 819. The fraction of sp³-hybridized carbons (Fsp3) is 0.167. The Morgan fingerprint density at radius 3 is 2.32 bits per heavy atom. The molecule has 130 valence electrons. The van der Waals surface area contributed by atoms with Crippen LogP contribution in [0.4, 0.5) is 5.69 Å². The molecule has 0 aliphatic heterocycles. The summed E-state index contributed by atoms with van der Waals surface area (Å²) >= 11 is 6.05. The fourth-order valence-electron chi connectivity index (χ4n) is 2.19. The van der Waals surface area contributed by atoms with Gasteiger partial charge >= 0.3 is 11.9 Å². The lowest BCUT2D eigenvalue weighted by atomic mass is 10.1. The predicted octanol–water partition coefficient (Wildman–Crippen LogP) is 3.09. The van der Waals surface area contributed by atoms with Crippen LogP contribution in [0.3, 0.4) is 0 Å². The minimum Gasteiger partial charge on any atom is -0.465 e. The van der Waals surface area contributed by atoms with Crippen LogP contribution < -0.4 is 5.32 Å². The number of methoxy groups -OCH3 is 2. The summed E-state index contributed by atoms with van der Waals surface area (Å²) in [6, 6.07) is 11.1. The van der Waals surface area contributed by atoms with Crippen molar-refractivity contribution in [3.8, 4) is 0 Å². The lowest BCUT2D eigenvalue weighted by Crippen LogP contribution is -2.18. The number of anilines is 1. The molecule has 2 aromatic rings. The van der Waals surface area contributed by atoms with Crippen LogP contribution in [0.15, 0.2) is 42.5 Å². The summed E-state index contributed by atoms with van der Waals surface area (Å²) in [4.78, 5) is 35.8. The third kappa shape index (κ3) is 4.58. The number of halogens is 1. The zero-order chi connectivity index (χ0) is 18.4. The molecule has 0 atom stereocenters. The molecular weight excluding hydrogens is 346 g/mol. The second-order valence-corrected chi connectivity index (χ2v) is 5.47. The van der Waals surface area contributed by atoms with Crippen LogP contribution in [-0.4, -0.2) is 32.1 Å². The smallest absolute Gasteiger partial charge is 0.339 e. The van der Waals surface area contributed by atoms with Crippen LogP contribution in [-0.2, 0) is 20.7 Å². The van der Waals surface area contributed by atoms with E-state index in [4.69, 9.17) is 16.3 Å². The molecule has 0 heterocycles. The number of amides is 1. The maximum absolute atomic E-state index is 12.3. The van der Waals surface area contributed by atoms with E-state index in [1.54, 1.807) is 24.3 Å². The van der Waals surface area contributed by atoms with Crippen molar-refractivity contribution in [3.05, 3.63) is 64.2 Å². The summed E-state index contributed by atoms with van der Waals surface area (Å²) in [6.07, 6.45) is 0.0166. The molecule has 0 saturated heterocycles. The van der Waals surface area contributed by atoms with Gasteiger partial charge in [0.25, 0.3) is 0 Å². The summed E-state index contributed by atoms with van der Waals surface area (Å²) < 4.78 is 9.34. The van der Waals surface area contributed by atoms with E-state index in [0.29, 0.717) is 10.6 Å². The molecule has 0 radical (unpaired) electrons. The molecule has 0 spiro atoms.